The highest BCUT2D eigenvalue weighted by Gasteiger charge is 2.11. The van der Waals surface area contributed by atoms with Gasteiger partial charge in [-0.15, -0.1) is 0 Å². The van der Waals surface area contributed by atoms with E-state index in [1.54, 1.807) is 6.20 Å². The highest BCUT2D eigenvalue weighted by Crippen LogP contribution is 2.22. The normalized spacial score (nSPS) is 12.4. The second-order valence-corrected chi connectivity index (χ2v) is 4.93. The molecule has 0 bridgehead atoms. The van der Waals surface area contributed by atoms with E-state index in [1.165, 1.54) is 0 Å². The molecular weight excluding hydrogens is 278 g/mol. The van der Waals surface area contributed by atoms with E-state index in [0.717, 1.165) is 15.6 Å². The van der Waals surface area contributed by atoms with Crippen molar-refractivity contribution in [2.45, 2.75) is 19.4 Å². The maximum absolute atomic E-state index is 10.1. The molecule has 2 aromatic rings. The van der Waals surface area contributed by atoms with Gasteiger partial charge in [-0.05, 0) is 30.2 Å². The fraction of sp³-hybridized carbons (Fsp3) is 0.214. The number of aromatic nitrogens is 1. The van der Waals surface area contributed by atoms with Gasteiger partial charge in [0.15, 0.2) is 0 Å². The molecule has 2 rings (SSSR count). The van der Waals surface area contributed by atoms with Gasteiger partial charge in [-0.1, -0.05) is 40.2 Å². The van der Waals surface area contributed by atoms with Crippen molar-refractivity contribution < 1.29 is 5.11 Å². The molecule has 1 unspecified atom stereocenters. The van der Waals surface area contributed by atoms with E-state index < -0.39 is 6.10 Å². The molecule has 0 saturated heterocycles. The number of hydrogen-bond donors (Lipinski definition) is 1. The molecule has 1 aromatic carbocycles. The van der Waals surface area contributed by atoms with Gasteiger partial charge < -0.3 is 5.11 Å². The Labute approximate surface area is 109 Å². The summed E-state index contributed by atoms with van der Waals surface area (Å²) in [6.45, 7) is 1.98. The summed E-state index contributed by atoms with van der Waals surface area (Å²) in [6, 6.07) is 11.7. The van der Waals surface area contributed by atoms with Gasteiger partial charge in [-0.2, -0.15) is 0 Å². The Kier molecular flexibility index (Phi) is 3.92. The molecule has 17 heavy (non-hydrogen) atoms. The summed E-state index contributed by atoms with van der Waals surface area (Å²) in [5.41, 5.74) is 2.90. The lowest BCUT2D eigenvalue weighted by molar-refractivity contribution is 0.173. The molecule has 0 amide bonds. The lowest BCUT2D eigenvalue weighted by atomic mass is 10.1. The first-order valence-corrected chi connectivity index (χ1v) is 6.30. The zero-order chi connectivity index (χ0) is 12.3. The number of rotatable bonds is 3. The van der Waals surface area contributed by atoms with Crippen molar-refractivity contribution in [2.24, 2.45) is 0 Å². The van der Waals surface area contributed by atoms with Crippen molar-refractivity contribution in [3.05, 3.63) is 63.9 Å². The monoisotopic (exact) mass is 291 g/mol. The summed E-state index contributed by atoms with van der Waals surface area (Å²) < 4.78 is 1.02. The first kappa shape index (κ1) is 12.3. The Morgan fingerprint density at radius 2 is 2.00 bits per heavy atom. The average Bonchev–Trinajstić information content (AvgIpc) is 2.33. The Morgan fingerprint density at radius 1 is 1.24 bits per heavy atom. The highest BCUT2D eigenvalue weighted by atomic mass is 79.9. The first-order valence-electron chi connectivity index (χ1n) is 5.51. The smallest absolute Gasteiger partial charge is 0.1000 e. The molecule has 0 aliphatic carbocycles. The second kappa shape index (κ2) is 5.43. The standard InChI is InChI=1S/C14H14BrNO/c1-10-6-7-13(16-9-10)14(17)8-11-4-2-3-5-12(11)15/h2-7,9,14,17H,8H2,1H3. The number of pyridine rings is 1. The number of aliphatic hydroxyl groups is 1. The van der Waals surface area contributed by atoms with Crippen molar-refractivity contribution in [1.29, 1.82) is 0 Å². The van der Waals surface area contributed by atoms with E-state index in [2.05, 4.69) is 20.9 Å². The Morgan fingerprint density at radius 3 is 2.65 bits per heavy atom. The van der Waals surface area contributed by atoms with Gasteiger partial charge in [-0.25, -0.2) is 0 Å². The maximum Gasteiger partial charge on any atom is 0.1000 e. The Balaban J connectivity index is 2.14. The zero-order valence-electron chi connectivity index (χ0n) is 9.60. The van der Waals surface area contributed by atoms with E-state index >= 15 is 0 Å². The molecule has 0 saturated carbocycles. The molecule has 0 aliphatic rings. The van der Waals surface area contributed by atoms with Crippen molar-refractivity contribution >= 4 is 15.9 Å². The molecule has 1 N–H and O–H groups in total. The van der Waals surface area contributed by atoms with Crippen LogP contribution >= 0.6 is 15.9 Å². The van der Waals surface area contributed by atoms with Crippen molar-refractivity contribution in [1.82, 2.24) is 4.98 Å². The number of halogens is 1. The van der Waals surface area contributed by atoms with Gasteiger partial charge in [0, 0.05) is 17.1 Å². The molecule has 88 valence electrons. The molecule has 2 nitrogen and oxygen atoms in total. The summed E-state index contributed by atoms with van der Waals surface area (Å²) in [4.78, 5) is 4.24. The zero-order valence-corrected chi connectivity index (χ0v) is 11.2. The number of hydrogen-bond acceptors (Lipinski definition) is 2. The summed E-state index contributed by atoms with van der Waals surface area (Å²) in [7, 11) is 0. The molecular formula is C14H14BrNO. The third kappa shape index (κ3) is 3.14. The third-order valence-corrected chi connectivity index (χ3v) is 3.42. The van der Waals surface area contributed by atoms with Crippen molar-refractivity contribution in [3.8, 4) is 0 Å². The van der Waals surface area contributed by atoms with Crippen molar-refractivity contribution in [3.63, 3.8) is 0 Å². The molecule has 0 radical (unpaired) electrons. The predicted octanol–water partition coefficient (Wildman–Crippen LogP) is 3.43. The summed E-state index contributed by atoms with van der Waals surface area (Å²) >= 11 is 3.48. The summed E-state index contributed by atoms with van der Waals surface area (Å²) in [6.07, 6.45) is 1.78. The minimum atomic E-state index is -0.561. The van der Waals surface area contributed by atoms with Crippen LogP contribution in [0.1, 0.15) is 22.9 Å². The molecule has 0 spiro atoms. The lowest BCUT2D eigenvalue weighted by Crippen LogP contribution is -2.04. The molecule has 0 aliphatic heterocycles. The van der Waals surface area contributed by atoms with Crippen LogP contribution in [0.4, 0.5) is 0 Å². The number of aryl methyl sites for hydroxylation is 1. The minimum Gasteiger partial charge on any atom is -0.386 e. The van der Waals surface area contributed by atoms with Crippen molar-refractivity contribution in [2.75, 3.05) is 0 Å². The largest absolute Gasteiger partial charge is 0.386 e. The molecule has 1 heterocycles. The van der Waals surface area contributed by atoms with Crippen LogP contribution < -0.4 is 0 Å². The van der Waals surface area contributed by atoms with Gasteiger partial charge in [0.25, 0.3) is 0 Å². The lowest BCUT2D eigenvalue weighted by Gasteiger charge is -2.11. The molecule has 0 fully saturated rings. The number of nitrogens with zero attached hydrogens (tertiary/aromatic N) is 1. The Hall–Kier alpha value is -1.19. The van der Waals surface area contributed by atoms with Crippen LogP contribution in [0.5, 0.6) is 0 Å². The predicted molar refractivity (Wildman–Crippen MR) is 71.8 cm³/mol. The van der Waals surface area contributed by atoms with Gasteiger partial charge in [-0.3, -0.25) is 4.98 Å². The van der Waals surface area contributed by atoms with Gasteiger partial charge >= 0.3 is 0 Å². The first-order chi connectivity index (χ1) is 8.16. The van der Waals surface area contributed by atoms with Crippen LogP contribution in [0.15, 0.2) is 47.1 Å². The van der Waals surface area contributed by atoms with Gasteiger partial charge in [0.1, 0.15) is 0 Å². The van der Waals surface area contributed by atoms with Crippen LogP contribution in [-0.2, 0) is 6.42 Å². The number of benzene rings is 1. The van der Waals surface area contributed by atoms with E-state index in [0.29, 0.717) is 12.1 Å². The van der Waals surface area contributed by atoms with E-state index in [-0.39, 0.29) is 0 Å². The second-order valence-electron chi connectivity index (χ2n) is 4.07. The van der Waals surface area contributed by atoms with Gasteiger partial charge in [0.2, 0.25) is 0 Å². The topological polar surface area (TPSA) is 33.1 Å². The summed E-state index contributed by atoms with van der Waals surface area (Å²) in [5, 5.41) is 10.1. The quantitative estimate of drug-likeness (QED) is 0.940. The van der Waals surface area contributed by atoms with Crippen LogP contribution in [0.25, 0.3) is 0 Å². The molecule has 1 aromatic heterocycles. The van der Waals surface area contributed by atoms with Crippen LogP contribution in [0, 0.1) is 6.92 Å². The van der Waals surface area contributed by atoms with E-state index in [9.17, 15) is 5.11 Å². The third-order valence-electron chi connectivity index (χ3n) is 2.65. The van der Waals surface area contributed by atoms with Crippen LogP contribution in [0.2, 0.25) is 0 Å². The Bertz CT molecular complexity index is 496. The van der Waals surface area contributed by atoms with Crippen LogP contribution in [0.3, 0.4) is 0 Å². The van der Waals surface area contributed by atoms with E-state index in [4.69, 9.17) is 0 Å². The highest BCUT2D eigenvalue weighted by molar-refractivity contribution is 9.10. The SMILES string of the molecule is Cc1ccc(C(O)Cc2ccccc2Br)nc1. The molecule has 3 heteroatoms. The maximum atomic E-state index is 10.1. The van der Waals surface area contributed by atoms with Crippen LogP contribution in [-0.4, -0.2) is 10.1 Å². The van der Waals surface area contributed by atoms with Gasteiger partial charge in [0.05, 0.1) is 11.8 Å². The fourth-order valence-corrected chi connectivity index (χ4v) is 2.10. The van der Waals surface area contributed by atoms with E-state index in [1.807, 2.05) is 43.3 Å². The number of aliphatic hydroxyl groups excluding tert-OH is 1. The minimum absolute atomic E-state index is 0.561. The average molecular weight is 292 g/mol. The fourth-order valence-electron chi connectivity index (χ4n) is 1.65. The molecule has 1 atom stereocenters. The summed E-state index contributed by atoms with van der Waals surface area (Å²) in [5.74, 6) is 0.